The van der Waals surface area contributed by atoms with Crippen LogP contribution in [0.1, 0.15) is 161 Å². The monoisotopic (exact) mass is 2110 g/mol. The number of phenolic OH excluding ortho intramolecular Hbond substituents is 1. The van der Waals surface area contributed by atoms with Crippen LogP contribution in [-0.2, 0) is 111 Å². The number of hydrogen-bond acceptors (Lipinski definition) is 24. The smallest absolute Gasteiger partial charge is 0.303 e. The molecule has 148 heavy (non-hydrogen) atoms. The molecular formula is C96H118F10N18O23S. The minimum absolute atomic E-state index is 0.0432. The van der Waals surface area contributed by atoms with Crippen LogP contribution in [0.5, 0.6) is 5.75 Å². The van der Waals surface area contributed by atoms with E-state index in [1.807, 2.05) is 10.6 Å². The molecule has 10 rings (SSSR count). The first-order valence-electron chi connectivity index (χ1n) is 47.1. The highest BCUT2D eigenvalue weighted by molar-refractivity contribution is 7.91. The normalized spacial score (nSPS) is 20.3. The summed E-state index contributed by atoms with van der Waals surface area (Å²) in [6.45, 7) is 5.80. The molecule has 0 saturated heterocycles. The third-order valence-corrected chi connectivity index (χ3v) is 26.0. The van der Waals surface area contributed by atoms with Crippen LogP contribution in [0.3, 0.4) is 0 Å². The van der Waals surface area contributed by atoms with Crippen molar-refractivity contribution in [1.82, 2.24) is 74.4 Å². The average molecular weight is 2110 g/mol. The van der Waals surface area contributed by atoms with Crippen molar-refractivity contribution < 1.29 is 154 Å². The van der Waals surface area contributed by atoms with E-state index in [0.717, 1.165) is 45.9 Å². The Morgan fingerprint density at radius 2 is 0.959 bits per heavy atom. The van der Waals surface area contributed by atoms with Crippen LogP contribution in [0.15, 0.2) is 94.7 Å². The predicted octanol–water partition coefficient (Wildman–Crippen LogP) is 1.77. The topological polar surface area (TPSA) is 650 Å². The van der Waals surface area contributed by atoms with E-state index in [1.54, 1.807) is 56.3 Å². The number of carboxylic acids is 1. The third kappa shape index (κ3) is 33.3. The van der Waals surface area contributed by atoms with Crippen molar-refractivity contribution in [2.45, 2.75) is 265 Å². The van der Waals surface area contributed by atoms with Gasteiger partial charge in [-0.3, -0.25) is 81.5 Å². The number of aliphatic hydroxyl groups is 2. The van der Waals surface area contributed by atoms with Gasteiger partial charge in [0.25, 0.3) is 0 Å². The molecule has 1 aliphatic carbocycles. The summed E-state index contributed by atoms with van der Waals surface area (Å²) in [7, 11) is -6.87. The molecule has 6 aromatic carbocycles. The van der Waals surface area contributed by atoms with Gasteiger partial charge in [-0.15, -0.1) is 0 Å². The number of benzene rings is 6. The van der Waals surface area contributed by atoms with E-state index in [4.69, 9.17) is 11.5 Å². The van der Waals surface area contributed by atoms with E-state index < -0.39 is 384 Å². The van der Waals surface area contributed by atoms with Crippen molar-refractivity contribution in [2.24, 2.45) is 23.3 Å². The van der Waals surface area contributed by atoms with Crippen molar-refractivity contribution in [2.75, 3.05) is 30.3 Å². The minimum Gasteiger partial charge on any atom is -0.508 e. The second-order valence-corrected chi connectivity index (χ2v) is 38.2. The van der Waals surface area contributed by atoms with Gasteiger partial charge in [-0.05, 0) is 155 Å². The van der Waals surface area contributed by atoms with Crippen molar-refractivity contribution in [3.8, 4) is 5.75 Å². The van der Waals surface area contributed by atoms with Gasteiger partial charge in [0.1, 0.15) is 112 Å². The van der Waals surface area contributed by atoms with Crippen LogP contribution >= 0.6 is 0 Å². The molecule has 0 unspecified atom stereocenters. The van der Waals surface area contributed by atoms with E-state index in [-0.39, 0.29) is 41.6 Å². The molecule has 24 N–H and O–H groups in total. The van der Waals surface area contributed by atoms with Crippen molar-refractivity contribution in [1.29, 1.82) is 0 Å². The number of carbonyl (C=O) groups excluding carboxylic acids is 16. The van der Waals surface area contributed by atoms with Gasteiger partial charge in [0, 0.05) is 52.1 Å². The fourth-order valence-corrected chi connectivity index (χ4v) is 17.3. The number of carbonyl (C=O) groups is 17. The van der Waals surface area contributed by atoms with Crippen LogP contribution in [0.2, 0.25) is 0 Å². The molecule has 1 saturated carbocycles. The molecule has 41 nitrogen and oxygen atoms in total. The predicted molar refractivity (Wildman–Crippen MR) is 507 cm³/mol. The number of nitrogens with two attached hydrogens (primary N) is 2. The number of carboxylic acid groups (broad SMARTS) is 1. The summed E-state index contributed by atoms with van der Waals surface area (Å²) in [4.78, 5) is 233. The first-order chi connectivity index (χ1) is 69.7. The molecule has 4 aliphatic rings. The number of halogens is 10. The lowest BCUT2D eigenvalue weighted by Gasteiger charge is -2.32. The fourth-order valence-electron chi connectivity index (χ4n) is 15.8. The zero-order valence-corrected chi connectivity index (χ0v) is 82.0. The Kier molecular flexibility index (Phi) is 43.6. The number of rotatable bonds is 32. The second kappa shape index (κ2) is 54.5. The number of sulfone groups is 1. The van der Waals surface area contributed by atoms with Gasteiger partial charge in [-0.2, -0.15) is 0 Å². The Morgan fingerprint density at radius 1 is 0.466 bits per heavy atom. The van der Waals surface area contributed by atoms with Crippen LogP contribution in [0.4, 0.5) is 55.3 Å². The summed E-state index contributed by atoms with van der Waals surface area (Å²) in [5.41, 5.74) is 7.23. The van der Waals surface area contributed by atoms with E-state index >= 15 is 63.5 Å². The van der Waals surface area contributed by atoms with Crippen molar-refractivity contribution in [3.63, 3.8) is 0 Å². The number of phenols is 1. The summed E-state index contributed by atoms with van der Waals surface area (Å²) in [6.07, 6.45) is -9.67. The molecule has 806 valence electrons. The lowest BCUT2D eigenvalue weighted by molar-refractivity contribution is -0.139. The first kappa shape index (κ1) is 118. The summed E-state index contributed by atoms with van der Waals surface area (Å²) in [5.74, 6) is -47.5. The maximum absolute atomic E-state index is 16.4. The maximum atomic E-state index is 16.4. The molecule has 0 aromatic heterocycles. The van der Waals surface area contributed by atoms with Gasteiger partial charge >= 0.3 is 5.97 Å². The molecule has 1 fully saturated rings. The zero-order chi connectivity index (χ0) is 110. The molecular weight excluding hydrogens is 2000 g/mol. The van der Waals surface area contributed by atoms with E-state index in [2.05, 4.69) is 74.4 Å². The SMILES string of the molecule is CC(=O)N[C@@H](CC(C)C)C(=O)N[C@H](C(=O)N[C@@H](Cc1ccc(F)c(F)c1)C(=O)N[C@H]1CCCCNc2c(F)c(F)c(c(F)c2F)S(=O)(=O)c2c(F)c(F)c(c(F)c2F)NCCCC[C@H](C(=O)N[C@@H](CO)C(=O)N[C@@H](C)C(=O)N[C@@H](C)C(N)=O)NC(=O)[C@H](CC2CCC2)NC(=O)[C@H](CCC(N)=O)NC(=O)[C@H](C)NC(=O)[C@H](Cc2ccc3ccccc3c2)NC(=O)[C@H](Cc2ccc(O)cc2)NC(=O)[C@H](CCC(=O)O)NC1=O)[C@@H](C)O. The average Bonchev–Trinajstić information content (AvgIpc) is 0.729. The number of hydrogen-bond donors (Lipinski definition) is 22. The van der Waals surface area contributed by atoms with Gasteiger partial charge in [0.15, 0.2) is 58.2 Å². The number of amides is 16. The lowest BCUT2D eigenvalue weighted by atomic mass is 9.80. The second-order valence-electron chi connectivity index (χ2n) is 36.4. The van der Waals surface area contributed by atoms with Crippen LogP contribution < -0.4 is 96.5 Å². The number of aliphatic carboxylic acids is 1. The van der Waals surface area contributed by atoms with E-state index in [9.17, 15) is 90.8 Å². The van der Waals surface area contributed by atoms with E-state index in [1.165, 1.54) is 19.1 Å². The summed E-state index contributed by atoms with van der Waals surface area (Å²) >= 11 is 0. The molecule has 4 bridgehead atoms. The van der Waals surface area contributed by atoms with Gasteiger partial charge in [-0.1, -0.05) is 93.8 Å². The molecule has 16 amide bonds. The number of primary amides is 2. The molecule has 6 aromatic rings. The fraction of sp³-hybridized carbons (Fsp3) is 0.469. The largest absolute Gasteiger partial charge is 0.508 e. The standard InChI is InChI=1S/C96H118F10N18O23S/c1-43(2)35-62(114-48(7)127)94(143)124-78(47(6)126)96(145)122-66(41-52-24-28-56(97)57(98)37-52)92(141)116-58-19-10-12-33-109-79-70(99)74(103)81(75(104)71(79)100)148(146,147)82-76(105)72(101)80(73(102)77(82)106)110-34-13-11-20-59(87(136)123-67(42-125)95(144)113-45(4)84(133)111-44(3)83(108)132)117-91(140)63(38-49-15-14-16-49)119-88(137)60(29-31-68(107)129)115-85(134)46(5)112-90(139)65(40-51-21-25-53-17-8-9-18-54(53)36-51)121-93(142)64(39-50-22-26-55(128)27-23-50)120-89(138)61(118-86(58)135)30-32-69(130)131/h8-9,17-18,21-28,36-37,43-47,49,58-67,78,109-110,125-126,128H,10-16,19-20,29-35,38-42H2,1-7H3,(H2,107,129)(H2,108,132)(H,111,133)(H,112,139)(H,113,144)(H,114,127)(H,115,134)(H,116,141)(H,117,140)(H,118,135)(H,119,137)(H,120,138)(H,121,142)(H,122,145)(H,123,136)(H,124,143)(H,130,131)/t44-,45-,46-,47+,58-,59+,60-,61-,62-,63-,64-,65-,66-,67-,78-/m0/s1. The summed E-state index contributed by atoms with van der Waals surface area (Å²) in [5, 5.41) is 80.0. The number of aliphatic hydroxyl groups excluding tert-OH is 2. The Balaban J connectivity index is 1.24. The van der Waals surface area contributed by atoms with Crippen molar-refractivity contribution >= 4 is 132 Å². The Hall–Kier alpha value is -14.9. The highest BCUT2D eigenvalue weighted by Gasteiger charge is 2.44. The number of fused-ring (bicyclic) bond motifs is 3. The highest BCUT2D eigenvalue weighted by Crippen LogP contribution is 2.40. The summed E-state index contributed by atoms with van der Waals surface area (Å²) in [6, 6.07) is -7.28. The molecule has 0 spiro atoms. The van der Waals surface area contributed by atoms with Crippen molar-refractivity contribution in [3.05, 3.63) is 160 Å². The molecule has 3 aliphatic heterocycles. The Labute approximate surface area is 841 Å². The van der Waals surface area contributed by atoms with Gasteiger partial charge in [0.05, 0.1) is 12.7 Å². The van der Waals surface area contributed by atoms with Crippen LogP contribution in [0, 0.1) is 70.0 Å². The molecule has 0 radical (unpaired) electrons. The third-order valence-electron chi connectivity index (χ3n) is 24.2. The van der Waals surface area contributed by atoms with Gasteiger partial charge < -0.3 is 117 Å². The highest BCUT2D eigenvalue weighted by atomic mass is 32.2. The Bertz CT molecular complexity index is 6000. The van der Waals surface area contributed by atoms with E-state index in [0.29, 0.717) is 47.7 Å². The zero-order valence-electron chi connectivity index (χ0n) is 81.1. The Morgan fingerprint density at radius 3 is 1.48 bits per heavy atom. The minimum atomic E-state index is -6.87. The quantitative estimate of drug-likeness (QED) is 0.0211. The first-order valence-corrected chi connectivity index (χ1v) is 48.6. The molecule has 52 heteroatoms. The number of nitrogens with one attached hydrogen (secondary N) is 16. The van der Waals surface area contributed by atoms with Gasteiger partial charge in [-0.25, -0.2) is 52.3 Å². The molecule has 3 heterocycles. The van der Waals surface area contributed by atoms with Crippen LogP contribution in [-0.4, -0.2) is 240 Å². The number of aromatic hydroxyl groups is 1. The number of anilines is 2. The van der Waals surface area contributed by atoms with Crippen LogP contribution in [0.25, 0.3) is 10.8 Å². The maximum Gasteiger partial charge on any atom is 0.303 e. The molecule has 15 atom stereocenters. The van der Waals surface area contributed by atoms with Gasteiger partial charge in [0.2, 0.25) is 104 Å². The summed E-state index contributed by atoms with van der Waals surface area (Å²) < 4.78 is 189. The lowest BCUT2D eigenvalue weighted by Crippen LogP contribution is -2.62.